The van der Waals surface area contributed by atoms with Gasteiger partial charge >= 0.3 is 0 Å². The third kappa shape index (κ3) is 3.26. The summed E-state index contributed by atoms with van der Waals surface area (Å²) >= 11 is 0. The summed E-state index contributed by atoms with van der Waals surface area (Å²) in [5, 5.41) is 23.1. The molecule has 140 valence electrons. The Morgan fingerprint density at radius 3 is 2.68 bits per heavy atom. The van der Waals surface area contributed by atoms with Crippen molar-refractivity contribution in [1.29, 1.82) is 0 Å². The second-order valence-corrected chi connectivity index (χ2v) is 8.67. The molecular weight excluding hydrogens is 316 g/mol. The maximum Gasteiger partial charge on any atom is 0.102 e. The first-order chi connectivity index (χ1) is 11.7. The number of rotatable bonds is 1. The summed E-state index contributed by atoms with van der Waals surface area (Å²) in [6.07, 6.45) is 6.17. The second-order valence-electron chi connectivity index (χ2n) is 8.67. The van der Waals surface area contributed by atoms with Crippen LogP contribution in [0.4, 0.5) is 0 Å². The van der Waals surface area contributed by atoms with Gasteiger partial charge in [0, 0.05) is 11.5 Å². The van der Waals surface area contributed by atoms with Crippen LogP contribution in [0.25, 0.3) is 0 Å². The molecule has 1 saturated carbocycles. The van der Waals surface area contributed by atoms with Crippen molar-refractivity contribution in [2.45, 2.75) is 77.1 Å². The molecule has 0 amide bonds. The molecule has 2 aliphatic carbocycles. The summed E-state index contributed by atoms with van der Waals surface area (Å²) < 4.78 is 11.3. The van der Waals surface area contributed by atoms with Gasteiger partial charge in [0.05, 0.1) is 17.7 Å². The Morgan fingerprint density at radius 1 is 1.28 bits per heavy atom. The first kappa shape index (κ1) is 18.5. The molecule has 25 heavy (non-hydrogen) atoms. The fraction of sp³-hybridized carbons (Fsp3) is 0.714. The number of aliphatic hydroxyl groups excluding tert-OH is 1. The van der Waals surface area contributed by atoms with Gasteiger partial charge in [0.15, 0.2) is 0 Å². The number of aliphatic hydroxyl groups is 1. The Bertz CT molecular complexity index is 615. The quantitative estimate of drug-likeness (QED) is 0.584. The van der Waals surface area contributed by atoms with Crippen LogP contribution in [0.5, 0.6) is 0 Å². The second kappa shape index (κ2) is 6.48. The summed E-state index contributed by atoms with van der Waals surface area (Å²) in [6, 6.07) is 0. The van der Waals surface area contributed by atoms with E-state index in [0.717, 1.165) is 31.3 Å². The number of methoxy groups -OCH3 is 1. The van der Waals surface area contributed by atoms with Crippen LogP contribution < -0.4 is 5.11 Å². The van der Waals surface area contributed by atoms with E-state index in [9.17, 15) is 10.2 Å². The van der Waals surface area contributed by atoms with Crippen LogP contribution in [0.15, 0.2) is 35.3 Å². The lowest BCUT2D eigenvalue weighted by Crippen LogP contribution is -2.45. The monoisotopic (exact) mass is 347 g/mol. The molecule has 1 N–H and O–H groups in total. The summed E-state index contributed by atoms with van der Waals surface area (Å²) in [5.74, 6) is -0.119. The van der Waals surface area contributed by atoms with E-state index in [-0.39, 0.29) is 11.0 Å². The topological polar surface area (TPSA) is 61.8 Å². The maximum atomic E-state index is 12.4. The Balaban J connectivity index is 2.13. The largest absolute Gasteiger partial charge is 0.616 e. The molecule has 4 heteroatoms. The maximum absolute atomic E-state index is 12.4. The van der Waals surface area contributed by atoms with Gasteiger partial charge in [0.1, 0.15) is 6.10 Å². The summed E-state index contributed by atoms with van der Waals surface area (Å²) in [5.41, 5.74) is 2.60. The highest BCUT2D eigenvalue weighted by Gasteiger charge is 2.50. The zero-order chi connectivity index (χ0) is 18.4. The van der Waals surface area contributed by atoms with Crippen LogP contribution in [-0.2, 0) is 9.47 Å². The molecule has 1 fully saturated rings. The lowest BCUT2D eigenvalue weighted by atomic mass is 9.72. The predicted molar refractivity (Wildman–Crippen MR) is 95.5 cm³/mol. The van der Waals surface area contributed by atoms with Crippen molar-refractivity contribution < 1.29 is 19.7 Å². The van der Waals surface area contributed by atoms with Crippen molar-refractivity contribution in [2.24, 2.45) is 11.3 Å². The van der Waals surface area contributed by atoms with E-state index in [1.807, 2.05) is 0 Å². The third-order valence-corrected chi connectivity index (χ3v) is 6.55. The van der Waals surface area contributed by atoms with Gasteiger partial charge in [0.25, 0.3) is 0 Å². The van der Waals surface area contributed by atoms with Crippen molar-refractivity contribution in [1.82, 2.24) is 0 Å². The number of fused-ring (bicyclic) bond motifs is 1. The van der Waals surface area contributed by atoms with Gasteiger partial charge in [0.2, 0.25) is 0 Å². The normalized spacial score (nSPS) is 40.1. The first-order valence-electron chi connectivity index (χ1n) is 9.38. The van der Waals surface area contributed by atoms with E-state index in [1.54, 1.807) is 0 Å². The van der Waals surface area contributed by atoms with Gasteiger partial charge in [-0.1, -0.05) is 30.7 Å². The smallest absolute Gasteiger partial charge is 0.102 e. The molecule has 4 atom stereocenters. The van der Waals surface area contributed by atoms with Crippen molar-refractivity contribution in [3.05, 3.63) is 35.3 Å². The van der Waals surface area contributed by atoms with E-state index < -0.39 is 18.2 Å². The number of hydrogen-bond acceptors (Lipinski definition) is 4. The molecule has 2 bridgehead atoms. The Morgan fingerprint density at radius 2 is 2.00 bits per heavy atom. The van der Waals surface area contributed by atoms with Crippen LogP contribution in [0, 0.1) is 11.3 Å². The van der Waals surface area contributed by atoms with E-state index in [4.69, 9.17) is 9.47 Å². The molecule has 0 aromatic carbocycles. The molecule has 2 unspecified atom stereocenters. The highest BCUT2D eigenvalue weighted by Crippen LogP contribution is 2.56. The van der Waals surface area contributed by atoms with E-state index in [1.165, 1.54) is 12.7 Å². The van der Waals surface area contributed by atoms with Crippen molar-refractivity contribution >= 4 is 0 Å². The molecule has 0 aromatic heterocycles. The van der Waals surface area contributed by atoms with Gasteiger partial charge < -0.3 is 19.7 Å². The minimum atomic E-state index is -0.871. The number of hydrogen-bond donors (Lipinski definition) is 1. The summed E-state index contributed by atoms with van der Waals surface area (Å²) in [4.78, 5) is 0. The molecule has 0 saturated heterocycles. The van der Waals surface area contributed by atoms with E-state index in [2.05, 4.69) is 33.4 Å². The molecule has 0 spiro atoms. The lowest BCUT2D eigenvalue weighted by Gasteiger charge is -2.44. The molecule has 1 heterocycles. The fourth-order valence-electron chi connectivity index (χ4n) is 4.89. The SMILES string of the molecule is C=C1CCC(O)/C(=C(/[O-])OC)C2C=C3[C@@H](CC[C@@]3(C)CC1)C(C)(C)O2. The van der Waals surface area contributed by atoms with Crippen LogP contribution >= 0.6 is 0 Å². The Kier molecular flexibility index (Phi) is 4.80. The molecule has 4 nitrogen and oxygen atoms in total. The van der Waals surface area contributed by atoms with Crippen LogP contribution in [0.1, 0.15) is 59.3 Å². The van der Waals surface area contributed by atoms with Crippen LogP contribution in [0.2, 0.25) is 0 Å². The lowest BCUT2D eigenvalue weighted by molar-refractivity contribution is -0.357. The van der Waals surface area contributed by atoms with Gasteiger partial charge in [-0.3, -0.25) is 0 Å². The molecule has 1 aliphatic heterocycles. The van der Waals surface area contributed by atoms with E-state index >= 15 is 0 Å². The Hall–Kier alpha value is -1.26. The van der Waals surface area contributed by atoms with Gasteiger partial charge in [-0.2, -0.15) is 0 Å². The molecular formula is C21H31O4-. The van der Waals surface area contributed by atoms with Crippen molar-refractivity contribution in [3.63, 3.8) is 0 Å². The predicted octanol–water partition coefficient (Wildman–Crippen LogP) is 3.22. The molecule has 0 radical (unpaired) electrons. The standard InChI is InChI=1S/C21H32O4/c1-13-6-7-16(22)18(19(23)24-5)17-12-15-14(20(2,3)25-17)9-11-21(15,4)10-8-13/h12,14,16-17,22-23H,1,6-11H2,2-5H3/p-1/b19-18+/t14-,16?,17?,21-/m1/s1. The fourth-order valence-corrected chi connectivity index (χ4v) is 4.89. The highest BCUT2D eigenvalue weighted by molar-refractivity contribution is 5.34. The average Bonchev–Trinajstić information content (AvgIpc) is 2.88. The molecule has 3 rings (SSSR count). The highest BCUT2D eigenvalue weighted by atomic mass is 16.6. The van der Waals surface area contributed by atoms with Gasteiger partial charge in [-0.25, -0.2) is 0 Å². The number of ether oxygens (including phenoxy) is 2. The van der Waals surface area contributed by atoms with E-state index in [0.29, 0.717) is 24.3 Å². The van der Waals surface area contributed by atoms with Crippen LogP contribution in [-0.4, -0.2) is 30.0 Å². The minimum absolute atomic E-state index is 0.115. The summed E-state index contributed by atoms with van der Waals surface area (Å²) in [6.45, 7) is 10.7. The number of allylic oxidation sites excluding steroid dienone is 1. The average molecular weight is 347 g/mol. The van der Waals surface area contributed by atoms with Crippen molar-refractivity contribution in [3.8, 4) is 0 Å². The summed E-state index contributed by atoms with van der Waals surface area (Å²) in [7, 11) is 1.36. The molecule has 0 aromatic rings. The molecule has 3 aliphatic rings. The minimum Gasteiger partial charge on any atom is -0.616 e. The zero-order valence-electron chi connectivity index (χ0n) is 15.9. The zero-order valence-corrected chi connectivity index (χ0v) is 15.9. The van der Waals surface area contributed by atoms with Crippen LogP contribution in [0.3, 0.4) is 0 Å². The third-order valence-electron chi connectivity index (χ3n) is 6.55. The van der Waals surface area contributed by atoms with Crippen molar-refractivity contribution in [2.75, 3.05) is 7.11 Å². The Labute approximate surface area is 151 Å². The van der Waals surface area contributed by atoms with Gasteiger partial charge in [-0.05, 0) is 64.9 Å². The first-order valence-corrected chi connectivity index (χ1v) is 9.38. The van der Waals surface area contributed by atoms with Gasteiger partial charge in [-0.15, -0.1) is 0 Å².